The highest BCUT2D eigenvalue weighted by Crippen LogP contribution is 2.29. The Kier molecular flexibility index (Phi) is 3.83. The number of amides is 1. The van der Waals surface area contributed by atoms with E-state index in [4.69, 9.17) is 15.0 Å². The van der Waals surface area contributed by atoms with Crippen LogP contribution in [0.5, 0.6) is 0 Å². The van der Waals surface area contributed by atoms with Crippen LogP contribution in [0.1, 0.15) is 23.0 Å². The number of rotatable bonds is 4. The number of primary amides is 1. The highest BCUT2D eigenvalue weighted by molar-refractivity contribution is 7.13. The third-order valence-electron chi connectivity index (χ3n) is 3.30. The van der Waals surface area contributed by atoms with Gasteiger partial charge in [-0.25, -0.2) is 9.78 Å². The van der Waals surface area contributed by atoms with Crippen molar-refractivity contribution in [3.8, 4) is 10.6 Å². The number of pyridine rings is 1. The minimum atomic E-state index is -1.03. The van der Waals surface area contributed by atoms with Crippen molar-refractivity contribution in [1.82, 2.24) is 10.1 Å². The smallest absolute Gasteiger partial charge is 0.339 e. The molecule has 0 radical (unpaired) electrons. The van der Waals surface area contributed by atoms with E-state index in [2.05, 4.69) is 10.1 Å². The lowest BCUT2D eigenvalue weighted by Gasteiger charge is -2.10. The fourth-order valence-corrected chi connectivity index (χ4v) is 2.77. The van der Waals surface area contributed by atoms with Crippen LogP contribution >= 0.6 is 11.3 Å². The third-order valence-corrected chi connectivity index (χ3v) is 4.19. The fourth-order valence-electron chi connectivity index (χ4n) is 2.09. The van der Waals surface area contributed by atoms with E-state index in [1.54, 1.807) is 13.0 Å². The molecule has 1 amide bonds. The molecule has 0 aromatic carbocycles. The summed E-state index contributed by atoms with van der Waals surface area (Å²) in [5.41, 5.74) is 6.71. The van der Waals surface area contributed by atoms with Gasteiger partial charge in [0.05, 0.1) is 27.2 Å². The second kappa shape index (κ2) is 5.81. The van der Waals surface area contributed by atoms with E-state index in [1.807, 2.05) is 17.5 Å². The predicted octanol–water partition coefficient (Wildman–Crippen LogP) is 2.29. The molecule has 1 atom stereocenters. The summed E-state index contributed by atoms with van der Waals surface area (Å²) in [5.74, 6) is -1.39. The van der Waals surface area contributed by atoms with E-state index in [-0.39, 0.29) is 11.3 Å². The Morgan fingerprint density at radius 1 is 1.43 bits per heavy atom. The molecule has 0 saturated carbocycles. The molecule has 3 heterocycles. The van der Waals surface area contributed by atoms with Crippen molar-refractivity contribution >= 4 is 34.3 Å². The zero-order valence-electron chi connectivity index (χ0n) is 12.4. The molecule has 8 heteroatoms. The maximum Gasteiger partial charge on any atom is 0.339 e. The molecule has 3 rings (SSSR count). The summed E-state index contributed by atoms with van der Waals surface area (Å²) < 4.78 is 10.3. The third kappa shape index (κ3) is 2.80. The summed E-state index contributed by atoms with van der Waals surface area (Å²) in [4.78, 5) is 28.8. The van der Waals surface area contributed by atoms with Gasteiger partial charge in [0.1, 0.15) is 0 Å². The van der Waals surface area contributed by atoms with Crippen LogP contribution in [0, 0.1) is 6.92 Å². The van der Waals surface area contributed by atoms with Gasteiger partial charge in [-0.2, -0.15) is 0 Å². The van der Waals surface area contributed by atoms with Crippen LogP contribution in [0.3, 0.4) is 0 Å². The fraction of sp³-hybridized carbons (Fsp3) is 0.200. The van der Waals surface area contributed by atoms with E-state index in [9.17, 15) is 9.59 Å². The summed E-state index contributed by atoms with van der Waals surface area (Å²) in [6.45, 7) is 3.12. The zero-order valence-corrected chi connectivity index (χ0v) is 13.2. The molecule has 0 aliphatic heterocycles. The molecule has 0 aliphatic rings. The zero-order chi connectivity index (χ0) is 16.6. The monoisotopic (exact) mass is 331 g/mol. The highest BCUT2D eigenvalue weighted by atomic mass is 32.1. The molecule has 0 fully saturated rings. The molecule has 0 saturated heterocycles. The van der Waals surface area contributed by atoms with E-state index in [0.29, 0.717) is 16.8 Å². The number of aryl methyl sites for hydroxylation is 1. The van der Waals surface area contributed by atoms with Gasteiger partial charge < -0.3 is 15.0 Å². The van der Waals surface area contributed by atoms with Gasteiger partial charge in [-0.15, -0.1) is 11.3 Å². The average Bonchev–Trinajstić information content (AvgIpc) is 3.16. The number of nitrogens with two attached hydrogens (primary N) is 1. The van der Waals surface area contributed by atoms with Crippen LogP contribution < -0.4 is 5.73 Å². The SMILES string of the molecule is Cc1noc2nc(-c3cccs3)cc(C(=O)OC(C)C(N)=O)c12. The first-order valence-electron chi connectivity index (χ1n) is 6.78. The average molecular weight is 331 g/mol. The summed E-state index contributed by atoms with van der Waals surface area (Å²) in [6, 6.07) is 5.36. The van der Waals surface area contributed by atoms with E-state index < -0.39 is 18.0 Å². The van der Waals surface area contributed by atoms with E-state index in [1.165, 1.54) is 18.3 Å². The molecule has 0 aliphatic carbocycles. The Hall–Kier alpha value is -2.74. The number of nitrogens with zero attached hydrogens (tertiary/aromatic N) is 2. The van der Waals surface area contributed by atoms with Gasteiger partial charge in [0.15, 0.2) is 6.10 Å². The van der Waals surface area contributed by atoms with Crippen LogP contribution in [0.25, 0.3) is 21.7 Å². The van der Waals surface area contributed by atoms with E-state index >= 15 is 0 Å². The van der Waals surface area contributed by atoms with Gasteiger partial charge in [0.25, 0.3) is 11.6 Å². The van der Waals surface area contributed by atoms with Crippen LogP contribution in [0.15, 0.2) is 28.1 Å². The quantitative estimate of drug-likeness (QED) is 0.735. The van der Waals surface area contributed by atoms with Crippen molar-refractivity contribution in [2.24, 2.45) is 5.73 Å². The second-order valence-electron chi connectivity index (χ2n) is 4.93. The Bertz CT molecular complexity index is 886. The van der Waals surface area contributed by atoms with Crippen molar-refractivity contribution in [3.63, 3.8) is 0 Å². The number of ether oxygens (including phenoxy) is 1. The van der Waals surface area contributed by atoms with Crippen LogP contribution in [0.2, 0.25) is 0 Å². The standard InChI is InChI=1S/C15H13N3O4S/c1-7-12-9(15(20)21-8(2)13(16)19)6-10(11-4-3-5-23-11)17-14(12)22-18-7/h3-6,8H,1-2H3,(H2,16,19). The lowest BCUT2D eigenvalue weighted by atomic mass is 10.1. The summed E-state index contributed by atoms with van der Waals surface area (Å²) in [6.07, 6.45) is -1.03. The number of carbonyl (C=O) groups is 2. The van der Waals surface area contributed by atoms with Crippen molar-refractivity contribution < 1.29 is 18.8 Å². The summed E-state index contributed by atoms with van der Waals surface area (Å²) >= 11 is 1.48. The van der Waals surface area contributed by atoms with Gasteiger partial charge in [0.2, 0.25) is 0 Å². The number of esters is 1. The first kappa shape index (κ1) is 15.2. The minimum absolute atomic E-state index is 0.241. The number of aromatic nitrogens is 2. The molecule has 0 bridgehead atoms. The van der Waals surface area contributed by atoms with Crippen molar-refractivity contribution in [2.75, 3.05) is 0 Å². The van der Waals surface area contributed by atoms with Gasteiger partial charge in [-0.1, -0.05) is 11.2 Å². The molecule has 118 valence electrons. The molecule has 3 aromatic heterocycles. The van der Waals surface area contributed by atoms with Crippen molar-refractivity contribution in [3.05, 3.63) is 34.8 Å². The predicted molar refractivity (Wildman–Crippen MR) is 83.9 cm³/mol. The minimum Gasteiger partial charge on any atom is -0.449 e. The maximum atomic E-state index is 12.4. The lowest BCUT2D eigenvalue weighted by Crippen LogP contribution is -2.30. The van der Waals surface area contributed by atoms with Crippen LogP contribution in [-0.2, 0) is 9.53 Å². The molecular formula is C15H13N3O4S. The molecule has 7 nitrogen and oxygen atoms in total. The Morgan fingerprint density at radius 2 is 2.22 bits per heavy atom. The van der Waals surface area contributed by atoms with Gasteiger partial charge in [0, 0.05) is 0 Å². The Balaban J connectivity index is 2.12. The molecule has 2 N–H and O–H groups in total. The number of thiophene rings is 1. The first-order chi connectivity index (χ1) is 11.0. The maximum absolute atomic E-state index is 12.4. The molecule has 1 unspecified atom stereocenters. The van der Waals surface area contributed by atoms with Crippen molar-refractivity contribution in [1.29, 1.82) is 0 Å². The highest BCUT2D eigenvalue weighted by Gasteiger charge is 2.23. The largest absolute Gasteiger partial charge is 0.449 e. The number of hydrogen-bond donors (Lipinski definition) is 1. The summed E-state index contributed by atoms with van der Waals surface area (Å²) in [7, 11) is 0. The molecular weight excluding hydrogens is 318 g/mol. The van der Waals surface area contributed by atoms with Crippen LogP contribution in [0.4, 0.5) is 0 Å². The Morgan fingerprint density at radius 3 is 2.87 bits per heavy atom. The Labute approximate surface area is 135 Å². The number of fused-ring (bicyclic) bond motifs is 1. The molecule has 3 aromatic rings. The number of hydrogen-bond acceptors (Lipinski definition) is 7. The van der Waals surface area contributed by atoms with Gasteiger partial charge in [-0.3, -0.25) is 4.79 Å². The second-order valence-corrected chi connectivity index (χ2v) is 5.88. The van der Waals surface area contributed by atoms with Crippen LogP contribution in [-0.4, -0.2) is 28.1 Å². The number of carbonyl (C=O) groups excluding carboxylic acids is 2. The van der Waals surface area contributed by atoms with Gasteiger partial charge >= 0.3 is 5.97 Å². The first-order valence-corrected chi connectivity index (χ1v) is 7.66. The van der Waals surface area contributed by atoms with Gasteiger partial charge in [-0.05, 0) is 31.4 Å². The summed E-state index contributed by atoms with van der Waals surface area (Å²) in [5, 5.41) is 6.21. The van der Waals surface area contributed by atoms with Crippen molar-refractivity contribution in [2.45, 2.75) is 20.0 Å². The topological polar surface area (TPSA) is 108 Å². The molecule has 23 heavy (non-hydrogen) atoms. The lowest BCUT2D eigenvalue weighted by molar-refractivity contribution is -0.125. The van der Waals surface area contributed by atoms with E-state index in [0.717, 1.165) is 4.88 Å². The molecule has 0 spiro atoms. The normalized spacial score (nSPS) is 12.3.